The summed E-state index contributed by atoms with van der Waals surface area (Å²) in [6, 6.07) is 10.3. The molecule has 126 valence electrons. The van der Waals surface area contributed by atoms with Gasteiger partial charge in [-0.15, -0.1) is 21.5 Å². The van der Waals surface area contributed by atoms with Gasteiger partial charge in [-0.3, -0.25) is 4.57 Å². The van der Waals surface area contributed by atoms with E-state index in [4.69, 9.17) is 4.42 Å². The third kappa shape index (κ3) is 3.35. The Morgan fingerprint density at radius 1 is 1.24 bits per heavy atom. The molecule has 3 aromatic heterocycles. The summed E-state index contributed by atoms with van der Waals surface area (Å²) < 4.78 is 21.1. The summed E-state index contributed by atoms with van der Waals surface area (Å²) in [6.45, 7) is 1.97. The second-order valence-corrected chi connectivity index (χ2v) is 7.50. The Bertz CT molecular complexity index is 980. The Labute approximate surface area is 151 Å². The van der Waals surface area contributed by atoms with E-state index in [1.165, 1.54) is 23.9 Å². The van der Waals surface area contributed by atoms with E-state index in [0.717, 1.165) is 15.7 Å². The van der Waals surface area contributed by atoms with Crippen LogP contribution in [0.3, 0.4) is 0 Å². The lowest BCUT2D eigenvalue weighted by Gasteiger charge is -2.10. The Morgan fingerprint density at radius 3 is 2.96 bits per heavy atom. The molecule has 8 heteroatoms. The zero-order valence-electron chi connectivity index (χ0n) is 13.2. The van der Waals surface area contributed by atoms with Crippen LogP contribution in [0.25, 0.3) is 16.5 Å². The van der Waals surface area contributed by atoms with E-state index in [1.807, 2.05) is 35.1 Å². The molecule has 3 heterocycles. The van der Waals surface area contributed by atoms with E-state index in [1.54, 1.807) is 29.8 Å². The molecule has 1 atom stereocenters. The van der Waals surface area contributed by atoms with Gasteiger partial charge in [0, 0.05) is 12.4 Å². The minimum absolute atomic E-state index is 0.0871. The summed E-state index contributed by atoms with van der Waals surface area (Å²) in [5.74, 6) is 0.765. The number of rotatable bonds is 5. The van der Waals surface area contributed by atoms with Gasteiger partial charge >= 0.3 is 0 Å². The van der Waals surface area contributed by atoms with E-state index in [9.17, 15) is 4.39 Å². The number of aromatic nitrogens is 4. The van der Waals surface area contributed by atoms with Crippen LogP contribution in [0, 0.1) is 5.82 Å². The second kappa shape index (κ2) is 6.81. The molecule has 0 saturated heterocycles. The van der Waals surface area contributed by atoms with Gasteiger partial charge in [0.2, 0.25) is 5.89 Å². The van der Waals surface area contributed by atoms with Crippen molar-refractivity contribution in [2.75, 3.05) is 0 Å². The molecule has 0 aliphatic rings. The third-order valence-electron chi connectivity index (χ3n) is 3.50. The minimum atomic E-state index is -0.285. The fourth-order valence-corrected chi connectivity index (χ4v) is 3.86. The van der Waals surface area contributed by atoms with Gasteiger partial charge in [-0.05, 0) is 36.6 Å². The standard InChI is InChI=1S/C17H13FN4OS2/c1-11(15-20-21-16(23-15)14-6-3-9-24-14)25-17-19-7-8-22(17)13-5-2-4-12(18)10-13/h2-11H,1H3/t11-/m0/s1. The number of thiophene rings is 1. The molecule has 0 unspecified atom stereocenters. The number of hydrogen-bond donors (Lipinski definition) is 0. The van der Waals surface area contributed by atoms with Crippen molar-refractivity contribution < 1.29 is 8.81 Å². The molecule has 4 aromatic rings. The van der Waals surface area contributed by atoms with Crippen molar-refractivity contribution in [3.63, 3.8) is 0 Å². The van der Waals surface area contributed by atoms with Crippen molar-refractivity contribution >= 4 is 23.1 Å². The summed E-state index contributed by atoms with van der Waals surface area (Å²) in [4.78, 5) is 5.30. The first-order chi connectivity index (χ1) is 12.2. The zero-order chi connectivity index (χ0) is 17.2. The Balaban J connectivity index is 1.56. The molecule has 0 saturated carbocycles. The minimum Gasteiger partial charge on any atom is -0.419 e. The summed E-state index contributed by atoms with van der Waals surface area (Å²) in [5, 5.41) is 10.9. The van der Waals surface area contributed by atoms with E-state index in [0.29, 0.717) is 11.8 Å². The predicted octanol–water partition coefficient (Wildman–Crippen LogP) is 4.98. The fourth-order valence-electron chi connectivity index (χ4n) is 2.31. The van der Waals surface area contributed by atoms with Gasteiger partial charge < -0.3 is 4.42 Å². The van der Waals surface area contributed by atoms with Crippen LogP contribution in [-0.4, -0.2) is 19.7 Å². The highest BCUT2D eigenvalue weighted by Crippen LogP contribution is 2.35. The average molecular weight is 372 g/mol. The molecule has 1 aromatic carbocycles. The molecule has 0 bridgehead atoms. The smallest absolute Gasteiger partial charge is 0.257 e. The van der Waals surface area contributed by atoms with Crippen LogP contribution >= 0.6 is 23.1 Å². The van der Waals surface area contributed by atoms with Crippen LogP contribution in [0.5, 0.6) is 0 Å². The molecule has 0 N–H and O–H groups in total. The molecule has 4 rings (SSSR count). The lowest BCUT2D eigenvalue weighted by Crippen LogP contribution is -1.98. The molecule has 5 nitrogen and oxygen atoms in total. The maximum atomic E-state index is 13.5. The summed E-state index contributed by atoms with van der Waals surface area (Å²) in [7, 11) is 0. The Kier molecular flexibility index (Phi) is 4.37. The van der Waals surface area contributed by atoms with Crippen LogP contribution in [0.2, 0.25) is 0 Å². The quantitative estimate of drug-likeness (QED) is 0.463. The van der Waals surface area contributed by atoms with E-state index >= 15 is 0 Å². The first kappa shape index (κ1) is 16.0. The predicted molar refractivity (Wildman–Crippen MR) is 95.4 cm³/mol. The van der Waals surface area contributed by atoms with Crippen molar-refractivity contribution in [3.8, 4) is 16.5 Å². The molecule has 25 heavy (non-hydrogen) atoms. The van der Waals surface area contributed by atoms with Crippen LogP contribution in [0.15, 0.2) is 63.7 Å². The maximum absolute atomic E-state index is 13.5. The van der Waals surface area contributed by atoms with Crippen molar-refractivity contribution in [1.29, 1.82) is 0 Å². The molecule has 0 aliphatic carbocycles. The van der Waals surface area contributed by atoms with Crippen LogP contribution in [-0.2, 0) is 0 Å². The van der Waals surface area contributed by atoms with Gasteiger partial charge in [0.15, 0.2) is 5.16 Å². The highest BCUT2D eigenvalue weighted by Gasteiger charge is 2.19. The number of imidazole rings is 1. The topological polar surface area (TPSA) is 56.7 Å². The van der Waals surface area contributed by atoms with Crippen LogP contribution < -0.4 is 0 Å². The van der Waals surface area contributed by atoms with Crippen molar-refractivity contribution in [3.05, 3.63) is 65.9 Å². The first-order valence-corrected chi connectivity index (χ1v) is 9.30. The van der Waals surface area contributed by atoms with Crippen LogP contribution in [0.1, 0.15) is 18.1 Å². The van der Waals surface area contributed by atoms with Gasteiger partial charge in [-0.2, -0.15) is 0 Å². The molecule has 0 aliphatic heterocycles. The second-order valence-electron chi connectivity index (χ2n) is 5.24. The fraction of sp³-hybridized carbons (Fsp3) is 0.118. The number of hydrogen-bond acceptors (Lipinski definition) is 6. The van der Waals surface area contributed by atoms with E-state index < -0.39 is 0 Å². The number of benzene rings is 1. The van der Waals surface area contributed by atoms with Gasteiger partial charge in [0.25, 0.3) is 5.89 Å². The lowest BCUT2D eigenvalue weighted by atomic mass is 10.3. The highest BCUT2D eigenvalue weighted by atomic mass is 32.2. The normalized spacial score (nSPS) is 12.4. The summed E-state index contributed by atoms with van der Waals surface area (Å²) in [6.07, 6.45) is 3.49. The van der Waals surface area contributed by atoms with E-state index in [-0.39, 0.29) is 11.1 Å². The average Bonchev–Trinajstić information content (AvgIpc) is 3.35. The highest BCUT2D eigenvalue weighted by molar-refractivity contribution is 7.99. The summed E-state index contributed by atoms with van der Waals surface area (Å²) >= 11 is 3.03. The van der Waals surface area contributed by atoms with E-state index in [2.05, 4.69) is 15.2 Å². The number of nitrogens with zero attached hydrogens (tertiary/aromatic N) is 4. The monoisotopic (exact) mass is 372 g/mol. The molecule has 0 fully saturated rings. The van der Waals surface area contributed by atoms with Crippen molar-refractivity contribution in [2.45, 2.75) is 17.3 Å². The third-order valence-corrected chi connectivity index (χ3v) is 5.42. The SMILES string of the molecule is C[C@H](Sc1nccn1-c1cccc(F)c1)c1nnc(-c2cccs2)o1. The maximum Gasteiger partial charge on any atom is 0.257 e. The van der Waals surface area contributed by atoms with Gasteiger partial charge in [-0.25, -0.2) is 9.37 Å². The Hall–Kier alpha value is -2.45. The van der Waals surface area contributed by atoms with Crippen molar-refractivity contribution in [1.82, 2.24) is 19.7 Å². The number of halogens is 1. The van der Waals surface area contributed by atoms with Crippen molar-refractivity contribution in [2.24, 2.45) is 0 Å². The molecule has 0 amide bonds. The van der Waals surface area contributed by atoms with Gasteiger partial charge in [0.1, 0.15) is 5.82 Å². The first-order valence-electron chi connectivity index (χ1n) is 7.54. The van der Waals surface area contributed by atoms with Gasteiger partial charge in [-0.1, -0.05) is 23.9 Å². The molecule has 0 spiro atoms. The molecular formula is C17H13FN4OS2. The largest absolute Gasteiger partial charge is 0.419 e. The zero-order valence-corrected chi connectivity index (χ0v) is 14.8. The molecule has 0 radical (unpaired) electrons. The van der Waals surface area contributed by atoms with Gasteiger partial charge in [0.05, 0.1) is 15.8 Å². The molecular weight excluding hydrogens is 359 g/mol. The van der Waals surface area contributed by atoms with Crippen LogP contribution in [0.4, 0.5) is 4.39 Å². The number of thioether (sulfide) groups is 1. The Morgan fingerprint density at radius 2 is 2.16 bits per heavy atom. The summed E-state index contributed by atoms with van der Waals surface area (Å²) in [5.41, 5.74) is 0.719. The lowest BCUT2D eigenvalue weighted by molar-refractivity contribution is 0.510.